The highest BCUT2D eigenvalue weighted by Gasteiger charge is 2.21. The van der Waals surface area contributed by atoms with Crippen molar-refractivity contribution in [3.8, 4) is 0 Å². The smallest absolute Gasteiger partial charge is 0.404 e. The van der Waals surface area contributed by atoms with Crippen LogP contribution in [0.25, 0.3) is 0 Å². The van der Waals surface area contributed by atoms with E-state index < -0.39 is 6.09 Å². The molecule has 1 aliphatic rings. The number of hydrogen-bond acceptors (Lipinski definition) is 3. The summed E-state index contributed by atoms with van der Waals surface area (Å²) in [6.45, 7) is 0.540. The molecule has 1 saturated heterocycles. The highest BCUT2D eigenvalue weighted by molar-refractivity contribution is 5.64. The Morgan fingerprint density at radius 3 is 2.77 bits per heavy atom. The Morgan fingerprint density at radius 1 is 1.54 bits per heavy atom. The topological polar surface area (TPSA) is 78.8 Å². The maximum Gasteiger partial charge on any atom is 0.404 e. The van der Waals surface area contributed by atoms with Crippen LogP contribution in [0.2, 0.25) is 0 Å². The number of aliphatic hydroxyl groups is 1. The maximum absolute atomic E-state index is 10.3. The minimum Gasteiger partial charge on any atom is -0.465 e. The summed E-state index contributed by atoms with van der Waals surface area (Å²) < 4.78 is 5.35. The molecule has 0 aliphatic carbocycles. The molecule has 0 radical (unpaired) electrons. The van der Waals surface area contributed by atoms with Crippen LogP contribution in [0.3, 0.4) is 0 Å². The third kappa shape index (κ3) is 3.61. The Labute approximate surface area is 76.7 Å². The second kappa shape index (κ2) is 5.04. The molecular weight excluding hydrogens is 174 g/mol. The van der Waals surface area contributed by atoms with Crippen LogP contribution < -0.4 is 5.32 Å². The molecule has 0 spiro atoms. The van der Waals surface area contributed by atoms with Gasteiger partial charge in [-0.25, -0.2) is 4.79 Å². The lowest BCUT2D eigenvalue weighted by molar-refractivity contribution is -0.0136. The van der Waals surface area contributed by atoms with Gasteiger partial charge in [-0.2, -0.15) is 0 Å². The third-order valence-corrected chi connectivity index (χ3v) is 2.15. The molecule has 0 unspecified atom stereocenters. The number of rotatable bonds is 3. The number of carboxylic acid groups (broad SMARTS) is 1. The first kappa shape index (κ1) is 10.3. The quantitative estimate of drug-likeness (QED) is 0.592. The normalized spacial score (nSPS) is 28.4. The zero-order chi connectivity index (χ0) is 9.68. The van der Waals surface area contributed by atoms with Crippen molar-refractivity contribution in [1.29, 1.82) is 0 Å². The van der Waals surface area contributed by atoms with Crippen LogP contribution in [0.4, 0.5) is 4.79 Å². The summed E-state index contributed by atoms with van der Waals surface area (Å²) >= 11 is 0. The molecule has 13 heavy (non-hydrogen) atoms. The number of hydrogen-bond donors (Lipinski definition) is 3. The van der Waals surface area contributed by atoms with Gasteiger partial charge in [0.2, 0.25) is 0 Å². The Kier molecular flexibility index (Phi) is 3.98. The molecule has 5 nitrogen and oxygen atoms in total. The summed E-state index contributed by atoms with van der Waals surface area (Å²) in [5, 5.41) is 19.4. The zero-order valence-corrected chi connectivity index (χ0v) is 7.40. The van der Waals surface area contributed by atoms with Crippen molar-refractivity contribution >= 4 is 6.09 Å². The average Bonchev–Trinajstić information content (AvgIpc) is 2.08. The van der Waals surface area contributed by atoms with Gasteiger partial charge in [-0.1, -0.05) is 0 Å². The fourth-order valence-corrected chi connectivity index (χ4v) is 1.47. The Hall–Kier alpha value is -0.810. The van der Waals surface area contributed by atoms with Gasteiger partial charge in [-0.05, 0) is 19.3 Å². The van der Waals surface area contributed by atoms with Gasteiger partial charge in [-0.15, -0.1) is 0 Å². The van der Waals surface area contributed by atoms with Crippen molar-refractivity contribution in [1.82, 2.24) is 5.32 Å². The number of aliphatic hydroxyl groups excluding tert-OH is 1. The molecule has 1 amide bonds. The highest BCUT2D eigenvalue weighted by atomic mass is 16.5. The summed E-state index contributed by atoms with van der Waals surface area (Å²) in [6, 6.07) is -0.0903. The average molecular weight is 189 g/mol. The summed E-state index contributed by atoms with van der Waals surface area (Å²) in [7, 11) is 0. The lowest BCUT2D eigenvalue weighted by Crippen LogP contribution is -2.42. The summed E-state index contributed by atoms with van der Waals surface area (Å²) in [5.74, 6) is 0. The molecule has 76 valence electrons. The zero-order valence-electron chi connectivity index (χ0n) is 7.40. The maximum atomic E-state index is 10.3. The molecule has 0 aromatic heterocycles. The number of carbonyl (C=O) groups is 1. The first-order valence-electron chi connectivity index (χ1n) is 4.44. The standard InChI is InChI=1S/C8H15NO4/c10-4-3-7-2-1-6(5-13-7)9-8(11)12/h6-7,9-10H,1-5H2,(H,11,12)/t6-,7+/m1/s1. The fraction of sp³-hybridized carbons (Fsp3) is 0.875. The van der Waals surface area contributed by atoms with Gasteiger partial charge in [0.15, 0.2) is 0 Å². The van der Waals surface area contributed by atoms with E-state index in [0.29, 0.717) is 13.0 Å². The highest BCUT2D eigenvalue weighted by Crippen LogP contribution is 2.15. The van der Waals surface area contributed by atoms with E-state index in [2.05, 4.69) is 5.32 Å². The van der Waals surface area contributed by atoms with Gasteiger partial charge in [0, 0.05) is 6.61 Å². The largest absolute Gasteiger partial charge is 0.465 e. The van der Waals surface area contributed by atoms with Crippen LogP contribution in [-0.2, 0) is 4.74 Å². The molecular formula is C8H15NO4. The van der Waals surface area contributed by atoms with Crippen LogP contribution in [-0.4, -0.2) is 41.7 Å². The van der Waals surface area contributed by atoms with Gasteiger partial charge < -0.3 is 20.3 Å². The van der Waals surface area contributed by atoms with E-state index in [0.717, 1.165) is 12.8 Å². The Balaban J connectivity index is 2.18. The number of amides is 1. The predicted octanol–water partition coefficient (Wildman–Crippen LogP) is 0.184. The minimum absolute atomic E-state index is 0.0903. The van der Waals surface area contributed by atoms with E-state index in [9.17, 15) is 4.79 Å². The Bertz CT molecular complexity index is 166. The van der Waals surface area contributed by atoms with Crippen LogP contribution in [0.1, 0.15) is 19.3 Å². The van der Waals surface area contributed by atoms with Crippen LogP contribution >= 0.6 is 0 Å². The van der Waals surface area contributed by atoms with E-state index in [1.807, 2.05) is 0 Å². The second-order valence-electron chi connectivity index (χ2n) is 3.19. The van der Waals surface area contributed by atoms with Crippen molar-refractivity contribution in [2.75, 3.05) is 13.2 Å². The molecule has 3 N–H and O–H groups in total. The van der Waals surface area contributed by atoms with Crippen molar-refractivity contribution < 1.29 is 19.7 Å². The predicted molar refractivity (Wildman–Crippen MR) is 45.6 cm³/mol. The van der Waals surface area contributed by atoms with Crippen LogP contribution in [0, 0.1) is 0 Å². The van der Waals surface area contributed by atoms with E-state index in [1.165, 1.54) is 0 Å². The summed E-state index contributed by atoms with van der Waals surface area (Å²) in [4.78, 5) is 10.3. The molecule has 5 heteroatoms. The van der Waals surface area contributed by atoms with Gasteiger partial charge in [0.05, 0.1) is 18.8 Å². The van der Waals surface area contributed by atoms with Crippen LogP contribution in [0.15, 0.2) is 0 Å². The third-order valence-electron chi connectivity index (χ3n) is 2.15. The van der Waals surface area contributed by atoms with Crippen LogP contribution in [0.5, 0.6) is 0 Å². The van der Waals surface area contributed by atoms with E-state index in [4.69, 9.17) is 14.9 Å². The van der Waals surface area contributed by atoms with Crippen molar-refractivity contribution in [2.45, 2.75) is 31.4 Å². The first-order valence-corrected chi connectivity index (χ1v) is 4.44. The fourth-order valence-electron chi connectivity index (χ4n) is 1.47. The lowest BCUT2D eigenvalue weighted by atomic mass is 10.0. The van der Waals surface area contributed by atoms with Crippen molar-refractivity contribution in [2.24, 2.45) is 0 Å². The van der Waals surface area contributed by atoms with E-state index in [-0.39, 0.29) is 18.8 Å². The summed E-state index contributed by atoms with van der Waals surface area (Å²) in [5.41, 5.74) is 0. The molecule has 1 heterocycles. The summed E-state index contributed by atoms with van der Waals surface area (Å²) in [6.07, 6.45) is 1.33. The minimum atomic E-state index is -1.01. The SMILES string of the molecule is O=C(O)N[C@@H]1CC[C@@H](CCO)OC1. The molecule has 0 aromatic rings. The van der Waals surface area contributed by atoms with Gasteiger partial charge >= 0.3 is 6.09 Å². The number of nitrogens with one attached hydrogen (secondary N) is 1. The van der Waals surface area contributed by atoms with Gasteiger partial charge in [0.1, 0.15) is 0 Å². The molecule has 0 saturated carbocycles. The molecule has 1 fully saturated rings. The monoisotopic (exact) mass is 189 g/mol. The first-order chi connectivity index (χ1) is 6.22. The van der Waals surface area contributed by atoms with Crippen molar-refractivity contribution in [3.05, 3.63) is 0 Å². The van der Waals surface area contributed by atoms with Gasteiger partial charge in [0.25, 0.3) is 0 Å². The molecule has 0 aromatic carbocycles. The molecule has 0 bridgehead atoms. The Morgan fingerprint density at radius 2 is 2.31 bits per heavy atom. The molecule has 1 rings (SSSR count). The molecule has 2 atom stereocenters. The van der Waals surface area contributed by atoms with E-state index >= 15 is 0 Å². The number of ether oxygens (including phenoxy) is 1. The van der Waals surface area contributed by atoms with E-state index in [1.54, 1.807) is 0 Å². The van der Waals surface area contributed by atoms with Gasteiger partial charge in [-0.3, -0.25) is 0 Å². The molecule has 1 aliphatic heterocycles. The lowest BCUT2D eigenvalue weighted by Gasteiger charge is -2.28. The van der Waals surface area contributed by atoms with Crippen molar-refractivity contribution in [3.63, 3.8) is 0 Å². The second-order valence-corrected chi connectivity index (χ2v) is 3.19.